The number of hydrogen-bond acceptors (Lipinski definition) is 6. The van der Waals surface area contributed by atoms with Gasteiger partial charge < -0.3 is 37.0 Å². The number of carbonyl (C=O) groups is 5. The summed E-state index contributed by atoms with van der Waals surface area (Å²) in [6.07, 6.45) is -5.21. The van der Waals surface area contributed by atoms with E-state index in [-0.39, 0.29) is 11.5 Å². The SMILES string of the molecule is CC(C)[C@H](NC(=O)[C@H](CC(=O)O)NC(=O)c1ccc(CCNC(=N)N)cc1)C(=O)O.O=C(O)C(F)(F)F. The molecule has 1 aromatic rings. The van der Waals surface area contributed by atoms with Crippen molar-refractivity contribution in [3.63, 3.8) is 0 Å². The summed E-state index contributed by atoms with van der Waals surface area (Å²) in [5, 5.41) is 39.7. The van der Waals surface area contributed by atoms with Gasteiger partial charge in [0.2, 0.25) is 5.91 Å². The van der Waals surface area contributed by atoms with Gasteiger partial charge in [-0.05, 0) is 30.0 Å². The number of aliphatic carboxylic acids is 3. The Morgan fingerprint density at radius 1 is 1.00 bits per heavy atom. The average Bonchev–Trinajstić information content (AvgIpc) is 2.76. The maximum atomic E-state index is 12.5. The quantitative estimate of drug-likeness (QED) is 0.141. The Labute approximate surface area is 208 Å². The molecule has 0 aliphatic heterocycles. The monoisotopic (exact) mass is 535 g/mol. The van der Waals surface area contributed by atoms with Crippen LogP contribution in [0, 0.1) is 11.3 Å². The number of carboxylic acids is 3. The summed E-state index contributed by atoms with van der Waals surface area (Å²) in [6.45, 7) is 3.64. The highest BCUT2D eigenvalue weighted by molar-refractivity contribution is 5.99. The molecule has 2 amide bonds. The van der Waals surface area contributed by atoms with Crippen LogP contribution in [0.5, 0.6) is 0 Å². The van der Waals surface area contributed by atoms with Gasteiger partial charge in [0.05, 0.1) is 6.42 Å². The lowest BCUT2D eigenvalue weighted by Crippen LogP contribution is -2.53. The fourth-order valence-electron chi connectivity index (χ4n) is 2.56. The number of carboxylic acid groups (broad SMARTS) is 3. The van der Waals surface area contributed by atoms with E-state index in [1.54, 1.807) is 26.0 Å². The largest absolute Gasteiger partial charge is 0.490 e. The first kappa shape index (κ1) is 32.6. The predicted molar refractivity (Wildman–Crippen MR) is 122 cm³/mol. The van der Waals surface area contributed by atoms with E-state index >= 15 is 0 Å². The second-order valence-electron chi connectivity index (χ2n) is 7.78. The third kappa shape index (κ3) is 13.3. The molecule has 0 bridgehead atoms. The second-order valence-corrected chi connectivity index (χ2v) is 7.78. The van der Waals surface area contributed by atoms with Crippen LogP contribution in [-0.2, 0) is 25.6 Å². The van der Waals surface area contributed by atoms with Crippen LogP contribution in [0.2, 0.25) is 0 Å². The summed E-state index contributed by atoms with van der Waals surface area (Å²) in [6, 6.07) is 3.75. The van der Waals surface area contributed by atoms with Crippen molar-refractivity contribution >= 4 is 35.7 Å². The number of rotatable bonds is 11. The van der Waals surface area contributed by atoms with Gasteiger partial charge in [0.1, 0.15) is 12.1 Å². The molecule has 0 spiro atoms. The van der Waals surface area contributed by atoms with E-state index in [1.165, 1.54) is 12.1 Å². The van der Waals surface area contributed by atoms with Crippen molar-refractivity contribution in [1.82, 2.24) is 16.0 Å². The highest BCUT2D eigenvalue weighted by atomic mass is 19.4. The Morgan fingerprint density at radius 2 is 1.51 bits per heavy atom. The Kier molecular flexibility index (Phi) is 13.1. The zero-order chi connectivity index (χ0) is 28.9. The molecule has 0 aliphatic carbocycles. The van der Waals surface area contributed by atoms with Crippen LogP contribution in [0.1, 0.15) is 36.2 Å². The van der Waals surface area contributed by atoms with Gasteiger partial charge in [-0.25, -0.2) is 9.59 Å². The van der Waals surface area contributed by atoms with Gasteiger partial charge in [-0.15, -0.1) is 0 Å². The van der Waals surface area contributed by atoms with Gasteiger partial charge >= 0.3 is 24.1 Å². The lowest BCUT2D eigenvalue weighted by molar-refractivity contribution is -0.192. The Morgan fingerprint density at radius 3 is 1.89 bits per heavy atom. The second kappa shape index (κ2) is 14.9. The van der Waals surface area contributed by atoms with Crippen molar-refractivity contribution in [3.05, 3.63) is 35.4 Å². The van der Waals surface area contributed by atoms with Crippen LogP contribution in [-0.4, -0.2) is 75.8 Å². The van der Waals surface area contributed by atoms with E-state index in [4.69, 9.17) is 26.2 Å². The molecule has 206 valence electrons. The molecule has 0 saturated carbocycles. The van der Waals surface area contributed by atoms with E-state index in [0.29, 0.717) is 13.0 Å². The molecule has 9 N–H and O–H groups in total. The third-order valence-electron chi connectivity index (χ3n) is 4.42. The number of halogens is 3. The molecular formula is C21H28F3N5O8. The normalized spacial score (nSPS) is 12.3. The molecule has 16 heteroatoms. The standard InChI is InChI=1S/C19H27N5O6.C2HF3O2/c1-10(2)15(18(29)30)24-17(28)13(9-14(25)26)23-16(27)12-5-3-11(4-6-12)7-8-22-19(20)21;3-2(4,5)1(6)7/h3-6,10,13,15H,7-9H2,1-2H3,(H,23,27)(H,24,28)(H,25,26)(H,29,30)(H4,20,21,22);(H,6,7)/t13-,15-;/m0./s1. The highest BCUT2D eigenvalue weighted by Crippen LogP contribution is 2.13. The summed E-state index contributed by atoms with van der Waals surface area (Å²) >= 11 is 0. The van der Waals surface area contributed by atoms with Crippen molar-refractivity contribution in [2.45, 2.75) is 44.9 Å². The lowest BCUT2D eigenvalue weighted by atomic mass is 10.0. The van der Waals surface area contributed by atoms with Crippen molar-refractivity contribution in [2.24, 2.45) is 11.7 Å². The van der Waals surface area contributed by atoms with Crippen LogP contribution >= 0.6 is 0 Å². The summed E-state index contributed by atoms with van der Waals surface area (Å²) in [5.74, 6) is -7.46. The molecule has 0 aromatic heterocycles. The zero-order valence-corrected chi connectivity index (χ0v) is 19.8. The van der Waals surface area contributed by atoms with Crippen molar-refractivity contribution in [2.75, 3.05) is 6.54 Å². The van der Waals surface area contributed by atoms with Gasteiger partial charge in [0, 0.05) is 12.1 Å². The first-order chi connectivity index (χ1) is 16.9. The fraction of sp³-hybridized carbons (Fsp3) is 0.429. The minimum Gasteiger partial charge on any atom is -0.481 e. The Balaban J connectivity index is 0.00000161. The molecular weight excluding hydrogens is 507 g/mol. The van der Waals surface area contributed by atoms with Crippen LogP contribution < -0.4 is 21.7 Å². The first-order valence-electron chi connectivity index (χ1n) is 10.5. The van der Waals surface area contributed by atoms with Gasteiger partial charge in [0.15, 0.2) is 5.96 Å². The average molecular weight is 535 g/mol. The zero-order valence-electron chi connectivity index (χ0n) is 19.8. The van der Waals surface area contributed by atoms with Crippen LogP contribution in [0.4, 0.5) is 13.2 Å². The number of hydrogen-bond donors (Lipinski definition) is 8. The van der Waals surface area contributed by atoms with E-state index in [1.807, 2.05) is 0 Å². The summed E-state index contributed by atoms with van der Waals surface area (Å²) in [5.41, 5.74) is 6.29. The third-order valence-corrected chi connectivity index (χ3v) is 4.42. The molecule has 1 aromatic carbocycles. The van der Waals surface area contributed by atoms with Gasteiger partial charge in [-0.1, -0.05) is 26.0 Å². The van der Waals surface area contributed by atoms with Crippen molar-refractivity contribution in [1.29, 1.82) is 5.41 Å². The molecule has 37 heavy (non-hydrogen) atoms. The predicted octanol–water partition coefficient (Wildman–Crippen LogP) is 0.144. The van der Waals surface area contributed by atoms with Gasteiger partial charge in [-0.2, -0.15) is 13.2 Å². The van der Waals surface area contributed by atoms with Crippen molar-refractivity contribution in [3.8, 4) is 0 Å². The molecule has 0 heterocycles. The minimum atomic E-state index is -5.08. The Hall–Kier alpha value is -4.37. The highest BCUT2D eigenvalue weighted by Gasteiger charge is 2.38. The summed E-state index contributed by atoms with van der Waals surface area (Å²) < 4.78 is 31.7. The number of alkyl halides is 3. The molecule has 13 nitrogen and oxygen atoms in total. The molecule has 0 unspecified atom stereocenters. The minimum absolute atomic E-state index is 0.142. The fourth-order valence-corrected chi connectivity index (χ4v) is 2.56. The molecule has 0 fully saturated rings. The smallest absolute Gasteiger partial charge is 0.481 e. The number of benzene rings is 1. The lowest BCUT2D eigenvalue weighted by Gasteiger charge is -2.22. The van der Waals surface area contributed by atoms with Crippen LogP contribution in [0.25, 0.3) is 0 Å². The number of guanidine groups is 1. The van der Waals surface area contributed by atoms with E-state index in [9.17, 15) is 37.5 Å². The molecule has 0 aliphatic rings. The molecule has 0 saturated heterocycles. The number of nitrogens with one attached hydrogen (secondary N) is 4. The first-order valence-corrected chi connectivity index (χ1v) is 10.5. The summed E-state index contributed by atoms with van der Waals surface area (Å²) in [4.78, 5) is 56.1. The van der Waals surface area contributed by atoms with E-state index in [0.717, 1.165) is 5.56 Å². The summed E-state index contributed by atoms with van der Waals surface area (Å²) in [7, 11) is 0. The van der Waals surface area contributed by atoms with Crippen molar-refractivity contribution < 1.29 is 52.5 Å². The van der Waals surface area contributed by atoms with Crippen LogP contribution in [0.15, 0.2) is 24.3 Å². The number of carbonyl (C=O) groups excluding carboxylic acids is 2. The number of nitrogens with two attached hydrogens (primary N) is 1. The molecule has 0 radical (unpaired) electrons. The van der Waals surface area contributed by atoms with E-state index in [2.05, 4.69) is 16.0 Å². The maximum absolute atomic E-state index is 12.5. The van der Waals surface area contributed by atoms with Crippen LogP contribution in [0.3, 0.4) is 0 Å². The maximum Gasteiger partial charge on any atom is 0.490 e. The number of amides is 2. The van der Waals surface area contributed by atoms with Gasteiger partial charge in [0.25, 0.3) is 5.91 Å². The van der Waals surface area contributed by atoms with E-state index < -0.39 is 60.3 Å². The topological polar surface area (TPSA) is 232 Å². The Bertz CT molecular complexity index is 983. The molecule has 2 atom stereocenters. The molecule has 1 rings (SSSR count). The van der Waals surface area contributed by atoms with Gasteiger partial charge in [-0.3, -0.25) is 19.8 Å².